The van der Waals surface area contributed by atoms with Crippen LogP contribution in [-0.2, 0) is 6.54 Å². The highest BCUT2D eigenvalue weighted by molar-refractivity contribution is 6.59. The van der Waals surface area contributed by atoms with Crippen molar-refractivity contribution >= 4 is 12.6 Å². The summed E-state index contributed by atoms with van der Waals surface area (Å²) < 4.78 is 5.12. The van der Waals surface area contributed by atoms with Crippen LogP contribution in [0.25, 0.3) is 0 Å². The van der Waals surface area contributed by atoms with Crippen LogP contribution in [0.4, 0.5) is 0 Å². The Balaban J connectivity index is 2.11. The molecule has 0 spiro atoms. The van der Waals surface area contributed by atoms with Gasteiger partial charge in [0.05, 0.1) is 7.11 Å². The van der Waals surface area contributed by atoms with Crippen molar-refractivity contribution in [2.75, 3.05) is 20.2 Å². The van der Waals surface area contributed by atoms with Crippen LogP contribution in [0.3, 0.4) is 0 Å². The number of hydrogen-bond acceptors (Lipinski definition) is 4. The van der Waals surface area contributed by atoms with E-state index in [4.69, 9.17) is 4.74 Å². The van der Waals surface area contributed by atoms with Gasteiger partial charge >= 0.3 is 7.12 Å². The number of methoxy groups -OCH3 is 1. The molecule has 5 heteroatoms. The molecule has 2 rings (SSSR count). The van der Waals surface area contributed by atoms with Crippen LogP contribution < -0.4 is 10.2 Å². The van der Waals surface area contributed by atoms with Crippen molar-refractivity contribution in [3.8, 4) is 5.75 Å². The third-order valence-corrected chi connectivity index (χ3v) is 3.49. The second-order valence-corrected chi connectivity index (χ2v) is 5.08. The maximum atomic E-state index is 9.32. The lowest BCUT2D eigenvalue weighted by atomic mass is 9.78. The first kappa shape index (κ1) is 13.4. The van der Waals surface area contributed by atoms with E-state index in [1.807, 2.05) is 12.1 Å². The second kappa shape index (κ2) is 5.74. The van der Waals surface area contributed by atoms with Gasteiger partial charge in [-0.1, -0.05) is 19.1 Å². The van der Waals surface area contributed by atoms with Gasteiger partial charge in [0.25, 0.3) is 0 Å². The molecular weight excluding hydrogens is 229 g/mol. The quantitative estimate of drug-likeness (QED) is 0.749. The molecule has 1 heterocycles. The van der Waals surface area contributed by atoms with E-state index >= 15 is 0 Å². The van der Waals surface area contributed by atoms with Crippen molar-refractivity contribution in [2.45, 2.75) is 19.9 Å². The zero-order chi connectivity index (χ0) is 13.1. The highest BCUT2D eigenvalue weighted by Gasteiger charge is 2.21. The molecule has 1 unspecified atom stereocenters. The first-order valence-corrected chi connectivity index (χ1v) is 6.35. The smallest absolute Gasteiger partial charge is 0.492 e. The second-order valence-electron chi connectivity index (χ2n) is 5.08. The van der Waals surface area contributed by atoms with Gasteiger partial charge in [-0.3, -0.25) is 4.90 Å². The van der Waals surface area contributed by atoms with E-state index < -0.39 is 7.12 Å². The Morgan fingerprint density at radius 3 is 2.78 bits per heavy atom. The van der Waals surface area contributed by atoms with Crippen LogP contribution in [0.5, 0.6) is 5.75 Å². The molecule has 0 aromatic heterocycles. The molecule has 98 valence electrons. The number of rotatable bonds is 4. The Labute approximate surface area is 108 Å². The van der Waals surface area contributed by atoms with Gasteiger partial charge in [-0.25, -0.2) is 0 Å². The molecule has 1 aliphatic rings. The van der Waals surface area contributed by atoms with E-state index in [1.165, 1.54) is 13.5 Å². The Kier molecular flexibility index (Phi) is 4.27. The fraction of sp³-hybridized carbons (Fsp3) is 0.538. The van der Waals surface area contributed by atoms with Gasteiger partial charge < -0.3 is 14.8 Å². The van der Waals surface area contributed by atoms with E-state index in [9.17, 15) is 10.0 Å². The molecule has 0 aliphatic carbocycles. The summed E-state index contributed by atoms with van der Waals surface area (Å²) in [5.41, 5.74) is 1.52. The maximum Gasteiger partial charge on any atom is 0.492 e. The number of benzene rings is 1. The van der Waals surface area contributed by atoms with Gasteiger partial charge in [-0.2, -0.15) is 0 Å². The fourth-order valence-corrected chi connectivity index (χ4v) is 2.51. The predicted molar refractivity (Wildman–Crippen MR) is 71.9 cm³/mol. The average Bonchev–Trinajstić information content (AvgIpc) is 2.74. The summed E-state index contributed by atoms with van der Waals surface area (Å²) in [6.45, 7) is 5.35. The fourth-order valence-electron chi connectivity index (χ4n) is 2.51. The van der Waals surface area contributed by atoms with Gasteiger partial charge in [-0.15, -0.1) is 0 Å². The topological polar surface area (TPSA) is 52.9 Å². The van der Waals surface area contributed by atoms with E-state index in [2.05, 4.69) is 11.8 Å². The average molecular weight is 249 g/mol. The molecule has 1 aliphatic heterocycles. The Hall–Kier alpha value is -1.04. The number of nitrogens with zero attached hydrogens (tertiary/aromatic N) is 1. The van der Waals surface area contributed by atoms with Crippen LogP contribution in [0.1, 0.15) is 18.9 Å². The largest absolute Gasteiger partial charge is 0.497 e. The highest BCUT2D eigenvalue weighted by atomic mass is 16.5. The molecule has 0 saturated carbocycles. The lowest BCUT2D eigenvalue weighted by Gasteiger charge is -2.17. The zero-order valence-electron chi connectivity index (χ0n) is 11.0. The minimum absolute atomic E-state index is 0.433. The van der Waals surface area contributed by atoms with Gasteiger partial charge in [0.1, 0.15) is 5.75 Å². The van der Waals surface area contributed by atoms with Crippen LogP contribution in [-0.4, -0.2) is 42.3 Å². The van der Waals surface area contributed by atoms with Crippen LogP contribution in [0, 0.1) is 5.92 Å². The van der Waals surface area contributed by atoms with Crippen molar-refractivity contribution in [3.05, 3.63) is 23.8 Å². The molecule has 4 nitrogen and oxygen atoms in total. The standard InChI is InChI=1S/C13H20BNO3/c1-10-5-6-15(8-10)9-11-3-4-13(18-2)12(7-11)14(16)17/h3-4,7,10,16-17H,5-6,8-9H2,1-2H3. The predicted octanol–water partition coefficient (Wildman–Crippen LogP) is 0.217. The normalized spacial score (nSPS) is 20.1. The summed E-state index contributed by atoms with van der Waals surface area (Å²) in [4.78, 5) is 2.39. The van der Waals surface area contributed by atoms with Crippen molar-refractivity contribution < 1.29 is 14.8 Å². The summed E-state index contributed by atoms with van der Waals surface area (Å²) in [6.07, 6.45) is 1.24. The molecule has 1 fully saturated rings. The summed E-state index contributed by atoms with van der Waals surface area (Å²) in [6, 6.07) is 5.59. The SMILES string of the molecule is COc1ccc(CN2CCC(C)C2)cc1B(O)O. The summed E-state index contributed by atoms with van der Waals surface area (Å²) >= 11 is 0. The van der Waals surface area contributed by atoms with E-state index in [-0.39, 0.29) is 0 Å². The van der Waals surface area contributed by atoms with E-state index in [1.54, 1.807) is 6.07 Å². The van der Waals surface area contributed by atoms with Crippen LogP contribution in [0.2, 0.25) is 0 Å². The lowest BCUT2D eigenvalue weighted by Crippen LogP contribution is -2.32. The first-order chi connectivity index (χ1) is 8.60. The van der Waals surface area contributed by atoms with Crippen molar-refractivity contribution in [1.29, 1.82) is 0 Å². The van der Waals surface area contributed by atoms with Crippen molar-refractivity contribution in [2.24, 2.45) is 5.92 Å². The Bertz CT molecular complexity index is 411. The zero-order valence-corrected chi connectivity index (χ0v) is 11.0. The molecule has 18 heavy (non-hydrogen) atoms. The Morgan fingerprint density at radius 2 is 2.22 bits per heavy atom. The summed E-state index contributed by atoms with van der Waals surface area (Å²) in [7, 11) is 0.0423. The molecule has 0 radical (unpaired) electrons. The molecule has 1 atom stereocenters. The molecule has 1 aromatic carbocycles. The van der Waals surface area contributed by atoms with Crippen LogP contribution in [0.15, 0.2) is 18.2 Å². The molecule has 2 N–H and O–H groups in total. The highest BCUT2D eigenvalue weighted by Crippen LogP contribution is 2.18. The van der Waals surface area contributed by atoms with Crippen LogP contribution >= 0.6 is 0 Å². The van der Waals surface area contributed by atoms with Crippen molar-refractivity contribution in [3.63, 3.8) is 0 Å². The number of likely N-dealkylation sites (tertiary alicyclic amines) is 1. The number of ether oxygens (including phenoxy) is 1. The summed E-state index contributed by atoms with van der Waals surface area (Å²) in [5, 5.41) is 18.6. The van der Waals surface area contributed by atoms with E-state index in [0.29, 0.717) is 11.2 Å². The van der Waals surface area contributed by atoms with Crippen molar-refractivity contribution in [1.82, 2.24) is 4.90 Å². The monoisotopic (exact) mass is 249 g/mol. The molecule has 1 aromatic rings. The van der Waals surface area contributed by atoms with Gasteiger partial charge in [0, 0.05) is 18.6 Å². The maximum absolute atomic E-state index is 9.32. The van der Waals surface area contributed by atoms with E-state index in [0.717, 1.165) is 31.1 Å². The summed E-state index contributed by atoms with van der Waals surface area (Å²) in [5.74, 6) is 1.27. The first-order valence-electron chi connectivity index (χ1n) is 6.35. The minimum atomic E-state index is -1.49. The third-order valence-electron chi connectivity index (χ3n) is 3.49. The molecular formula is C13H20BNO3. The third kappa shape index (κ3) is 3.04. The number of hydrogen-bond donors (Lipinski definition) is 2. The molecule has 0 bridgehead atoms. The van der Waals surface area contributed by atoms with Gasteiger partial charge in [0.15, 0.2) is 0 Å². The van der Waals surface area contributed by atoms with Gasteiger partial charge in [-0.05, 0) is 30.5 Å². The molecule has 1 saturated heterocycles. The minimum Gasteiger partial charge on any atom is -0.497 e. The molecule has 0 amide bonds. The van der Waals surface area contributed by atoms with Gasteiger partial charge in [0.2, 0.25) is 0 Å². The Morgan fingerprint density at radius 1 is 1.44 bits per heavy atom. The lowest BCUT2D eigenvalue weighted by molar-refractivity contribution is 0.320.